The van der Waals surface area contributed by atoms with Gasteiger partial charge in [0.25, 0.3) is 0 Å². The fraction of sp³-hybridized carbons (Fsp3) is 0.217. The van der Waals surface area contributed by atoms with Crippen molar-refractivity contribution in [1.82, 2.24) is 4.98 Å². The number of fused-ring (bicyclic) bond motifs is 3. The van der Waals surface area contributed by atoms with Gasteiger partial charge in [-0.1, -0.05) is 24.3 Å². The van der Waals surface area contributed by atoms with Crippen molar-refractivity contribution in [3.8, 4) is 0 Å². The van der Waals surface area contributed by atoms with Gasteiger partial charge in [-0.05, 0) is 36.2 Å². The second kappa shape index (κ2) is 5.95. The Kier molecular flexibility index (Phi) is 3.54. The van der Waals surface area contributed by atoms with E-state index in [1.807, 2.05) is 26.4 Å². The van der Waals surface area contributed by atoms with Gasteiger partial charge in [0.1, 0.15) is 0 Å². The summed E-state index contributed by atoms with van der Waals surface area (Å²) < 4.78 is 0. The average Bonchev–Trinajstić information content (AvgIpc) is 3.06. The van der Waals surface area contributed by atoms with Crippen LogP contribution in [0.4, 0.5) is 11.4 Å². The first kappa shape index (κ1) is 16.1. The number of aromatic nitrogens is 1. The Morgan fingerprint density at radius 2 is 1.85 bits per heavy atom. The maximum absolute atomic E-state index is 12.8. The third-order valence-corrected chi connectivity index (χ3v) is 5.65. The summed E-state index contributed by atoms with van der Waals surface area (Å²) in [6.45, 7) is 0. The molecule has 4 nitrogen and oxygen atoms in total. The lowest BCUT2D eigenvalue weighted by molar-refractivity contribution is -0.115. The Balaban J connectivity index is 1.77. The quantitative estimate of drug-likeness (QED) is 0.736. The standard InChI is InChI=1S/C23H21N3O/c1-26(2)16-8-5-14(6-9-16)20-21-17(11-12-19(21)27)25-18-10-7-15-4-3-13-24-23(15)22(18)20/h3-10,13,20,25H,11-12H2,1-2H3. The Bertz CT molecular complexity index is 1100. The Morgan fingerprint density at radius 3 is 2.63 bits per heavy atom. The molecule has 5 rings (SSSR count). The monoisotopic (exact) mass is 355 g/mol. The molecule has 0 saturated carbocycles. The van der Waals surface area contributed by atoms with E-state index in [1.165, 1.54) is 0 Å². The van der Waals surface area contributed by atoms with Gasteiger partial charge in [0.2, 0.25) is 0 Å². The maximum Gasteiger partial charge on any atom is 0.161 e. The highest BCUT2D eigenvalue weighted by molar-refractivity contribution is 6.05. The van der Waals surface area contributed by atoms with Crippen molar-refractivity contribution in [2.24, 2.45) is 0 Å². The molecule has 4 heteroatoms. The van der Waals surface area contributed by atoms with Gasteiger partial charge in [-0.15, -0.1) is 0 Å². The molecule has 0 fully saturated rings. The molecule has 27 heavy (non-hydrogen) atoms. The van der Waals surface area contributed by atoms with Crippen LogP contribution in [0.1, 0.15) is 29.9 Å². The van der Waals surface area contributed by atoms with Crippen molar-refractivity contribution in [3.63, 3.8) is 0 Å². The number of carbonyl (C=O) groups excluding carboxylic acids is 1. The van der Waals surface area contributed by atoms with E-state index in [2.05, 4.69) is 57.7 Å². The van der Waals surface area contributed by atoms with Gasteiger partial charge in [-0.3, -0.25) is 9.78 Å². The molecule has 2 aromatic carbocycles. The summed E-state index contributed by atoms with van der Waals surface area (Å²) >= 11 is 0. The van der Waals surface area contributed by atoms with E-state index in [1.54, 1.807) is 0 Å². The zero-order valence-electron chi connectivity index (χ0n) is 15.5. The molecule has 1 unspecified atom stereocenters. The van der Waals surface area contributed by atoms with E-state index in [0.717, 1.165) is 51.1 Å². The number of ketones is 1. The number of hydrogen-bond acceptors (Lipinski definition) is 4. The first-order chi connectivity index (χ1) is 13.1. The van der Waals surface area contributed by atoms with Crippen LogP contribution in [0.15, 0.2) is 66.0 Å². The molecule has 0 amide bonds. The minimum atomic E-state index is -0.0685. The molecule has 0 saturated heterocycles. The van der Waals surface area contributed by atoms with Gasteiger partial charge in [0, 0.05) is 66.2 Å². The summed E-state index contributed by atoms with van der Waals surface area (Å²) in [5.74, 6) is 0.179. The van der Waals surface area contributed by atoms with Crippen LogP contribution in [0, 0.1) is 0 Å². The lowest BCUT2D eigenvalue weighted by Crippen LogP contribution is -2.20. The first-order valence-electron chi connectivity index (χ1n) is 9.31. The van der Waals surface area contributed by atoms with Crippen LogP contribution in [-0.2, 0) is 4.79 Å². The third-order valence-electron chi connectivity index (χ3n) is 5.65. The second-order valence-electron chi connectivity index (χ2n) is 7.46. The van der Waals surface area contributed by atoms with Crippen LogP contribution in [0.5, 0.6) is 0 Å². The third kappa shape index (κ3) is 2.44. The van der Waals surface area contributed by atoms with E-state index < -0.39 is 0 Å². The number of allylic oxidation sites excluding steroid dienone is 2. The SMILES string of the molecule is CN(C)c1ccc(C2C3=C(CCC3=O)Nc3ccc4cccnc4c32)cc1. The summed E-state index contributed by atoms with van der Waals surface area (Å²) in [4.78, 5) is 19.5. The average molecular weight is 355 g/mol. The molecular weight excluding hydrogens is 334 g/mol. The molecule has 1 atom stereocenters. The largest absolute Gasteiger partial charge is 0.378 e. The lowest BCUT2D eigenvalue weighted by Gasteiger charge is -2.30. The summed E-state index contributed by atoms with van der Waals surface area (Å²) in [5, 5.41) is 4.62. The van der Waals surface area contributed by atoms with Gasteiger partial charge in [0.05, 0.1) is 5.52 Å². The Morgan fingerprint density at radius 1 is 1.04 bits per heavy atom. The molecule has 1 aromatic heterocycles. The number of benzene rings is 2. The maximum atomic E-state index is 12.8. The summed E-state index contributed by atoms with van der Waals surface area (Å²) in [6, 6.07) is 16.8. The fourth-order valence-electron chi connectivity index (χ4n) is 4.32. The second-order valence-corrected chi connectivity index (χ2v) is 7.46. The van der Waals surface area contributed by atoms with Crippen LogP contribution in [-0.4, -0.2) is 24.9 Å². The van der Waals surface area contributed by atoms with Crippen molar-refractivity contribution >= 4 is 28.1 Å². The summed E-state index contributed by atoms with van der Waals surface area (Å²) in [6.07, 6.45) is 3.21. The first-order valence-corrected chi connectivity index (χ1v) is 9.31. The summed E-state index contributed by atoms with van der Waals surface area (Å²) in [7, 11) is 4.07. The smallest absolute Gasteiger partial charge is 0.161 e. The number of rotatable bonds is 2. The van der Waals surface area contributed by atoms with E-state index in [9.17, 15) is 4.79 Å². The molecule has 3 aromatic rings. The van der Waals surface area contributed by atoms with Crippen LogP contribution >= 0.6 is 0 Å². The molecule has 0 radical (unpaired) electrons. The highest BCUT2D eigenvalue weighted by Crippen LogP contribution is 2.48. The number of nitrogens with zero attached hydrogens (tertiary/aromatic N) is 2. The number of pyridine rings is 1. The molecule has 1 aliphatic carbocycles. The van der Waals surface area contributed by atoms with Gasteiger partial charge in [0.15, 0.2) is 5.78 Å². The van der Waals surface area contributed by atoms with Gasteiger partial charge < -0.3 is 10.2 Å². The normalized spacial score (nSPS) is 18.3. The van der Waals surface area contributed by atoms with Gasteiger partial charge in [-0.25, -0.2) is 0 Å². The molecule has 2 heterocycles. The lowest BCUT2D eigenvalue weighted by atomic mass is 9.79. The van der Waals surface area contributed by atoms with E-state index in [4.69, 9.17) is 0 Å². The van der Waals surface area contributed by atoms with Crippen molar-refractivity contribution < 1.29 is 4.79 Å². The molecular formula is C23H21N3O. The topological polar surface area (TPSA) is 45.2 Å². The van der Waals surface area contributed by atoms with Crippen molar-refractivity contribution in [2.75, 3.05) is 24.3 Å². The van der Waals surface area contributed by atoms with Crippen molar-refractivity contribution in [1.29, 1.82) is 0 Å². The van der Waals surface area contributed by atoms with E-state index in [-0.39, 0.29) is 11.7 Å². The molecule has 1 aliphatic heterocycles. The number of hydrogen-bond donors (Lipinski definition) is 1. The molecule has 0 bridgehead atoms. The number of nitrogens with one attached hydrogen (secondary N) is 1. The molecule has 0 spiro atoms. The zero-order valence-corrected chi connectivity index (χ0v) is 15.5. The molecule has 134 valence electrons. The Labute approximate surface area is 158 Å². The molecule has 2 aliphatic rings. The van der Waals surface area contributed by atoms with Crippen molar-refractivity contribution in [3.05, 3.63) is 77.1 Å². The summed E-state index contributed by atoms with van der Waals surface area (Å²) in [5.41, 5.74) is 7.43. The minimum Gasteiger partial charge on any atom is -0.378 e. The van der Waals surface area contributed by atoms with Crippen LogP contribution in [0.25, 0.3) is 10.9 Å². The van der Waals surface area contributed by atoms with Gasteiger partial charge in [-0.2, -0.15) is 0 Å². The highest BCUT2D eigenvalue weighted by Gasteiger charge is 2.37. The van der Waals surface area contributed by atoms with E-state index in [0.29, 0.717) is 6.42 Å². The molecule has 1 N–H and O–H groups in total. The minimum absolute atomic E-state index is 0.0685. The van der Waals surface area contributed by atoms with E-state index >= 15 is 0 Å². The van der Waals surface area contributed by atoms with Crippen molar-refractivity contribution in [2.45, 2.75) is 18.8 Å². The number of anilines is 2. The van der Waals surface area contributed by atoms with Crippen LogP contribution < -0.4 is 10.2 Å². The highest BCUT2D eigenvalue weighted by atomic mass is 16.1. The number of Topliss-reactive ketones (excluding diaryl/α,β-unsaturated/α-hetero) is 1. The predicted molar refractivity (Wildman–Crippen MR) is 109 cm³/mol. The van der Waals surface area contributed by atoms with Gasteiger partial charge >= 0.3 is 0 Å². The Hall–Kier alpha value is -3.14. The van der Waals surface area contributed by atoms with Crippen LogP contribution in [0.3, 0.4) is 0 Å². The number of carbonyl (C=O) groups is 1. The fourth-order valence-corrected chi connectivity index (χ4v) is 4.32. The predicted octanol–water partition coefficient (Wildman–Crippen LogP) is 4.48. The van der Waals surface area contributed by atoms with Crippen LogP contribution in [0.2, 0.25) is 0 Å². The zero-order chi connectivity index (χ0) is 18.5.